The van der Waals surface area contributed by atoms with E-state index in [1.807, 2.05) is 0 Å². The van der Waals surface area contributed by atoms with Gasteiger partial charge in [0.1, 0.15) is 11.6 Å². The molecule has 3 heteroatoms. The van der Waals surface area contributed by atoms with Crippen molar-refractivity contribution in [1.82, 2.24) is 0 Å². The molecule has 11 heavy (non-hydrogen) atoms. The summed E-state index contributed by atoms with van der Waals surface area (Å²) in [4.78, 5) is 0. The smallest absolute Gasteiger partial charge is 0.138 e. The number of alkyl halides is 1. The van der Waals surface area contributed by atoms with E-state index in [0.717, 1.165) is 19.4 Å². The maximum Gasteiger partial charge on any atom is 0.138 e. The fraction of sp³-hybridized carbons (Fsp3) is 0.750. The van der Waals surface area contributed by atoms with Gasteiger partial charge in [-0.1, -0.05) is 21.9 Å². The molecule has 0 saturated carbocycles. The van der Waals surface area contributed by atoms with Crippen molar-refractivity contribution in [2.24, 2.45) is 0 Å². The molecule has 62 valence electrons. The van der Waals surface area contributed by atoms with Crippen LogP contribution in [0, 0.1) is 12.3 Å². The summed E-state index contributed by atoms with van der Waals surface area (Å²) in [6, 6.07) is 0. The van der Waals surface area contributed by atoms with Crippen molar-refractivity contribution in [1.29, 1.82) is 0 Å². The van der Waals surface area contributed by atoms with E-state index in [1.165, 1.54) is 0 Å². The lowest BCUT2D eigenvalue weighted by atomic mass is 10.2. The summed E-state index contributed by atoms with van der Waals surface area (Å²) >= 11 is 3.37. The molecule has 0 bridgehead atoms. The molecule has 0 aromatic heterocycles. The average molecular weight is 219 g/mol. The first-order chi connectivity index (χ1) is 5.34. The Morgan fingerprint density at radius 1 is 1.73 bits per heavy atom. The number of rotatable bonds is 2. The summed E-state index contributed by atoms with van der Waals surface area (Å²) in [6.45, 7) is 1.18. The normalized spacial score (nSPS) is 31.3. The Hall–Kier alpha value is -0.0400. The first kappa shape index (κ1) is 9.05. The van der Waals surface area contributed by atoms with Crippen LogP contribution in [0.3, 0.4) is 0 Å². The van der Waals surface area contributed by atoms with Gasteiger partial charge in [0.2, 0.25) is 0 Å². The van der Waals surface area contributed by atoms with Crippen LogP contribution in [-0.2, 0) is 9.47 Å². The van der Waals surface area contributed by atoms with Crippen LogP contribution < -0.4 is 0 Å². The van der Waals surface area contributed by atoms with Crippen LogP contribution in [0.2, 0.25) is 0 Å². The zero-order valence-electron chi connectivity index (χ0n) is 6.25. The summed E-state index contributed by atoms with van der Waals surface area (Å²) in [5.74, 6) is 2.44. The summed E-state index contributed by atoms with van der Waals surface area (Å²) in [6.07, 6.45) is 7.26. The van der Waals surface area contributed by atoms with Gasteiger partial charge in [-0.05, 0) is 12.8 Å². The first-order valence-corrected chi connectivity index (χ1v) is 4.57. The molecule has 1 aliphatic rings. The molecule has 1 rings (SSSR count). The van der Waals surface area contributed by atoms with Gasteiger partial charge in [-0.15, -0.1) is 6.42 Å². The monoisotopic (exact) mass is 218 g/mol. The van der Waals surface area contributed by atoms with Crippen molar-refractivity contribution in [2.75, 3.05) is 13.2 Å². The molecule has 0 unspecified atom stereocenters. The number of hydrogen-bond donors (Lipinski definition) is 0. The molecule has 0 amide bonds. The van der Waals surface area contributed by atoms with E-state index >= 15 is 0 Å². The second-order valence-corrected chi connectivity index (χ2v) is 3.32. The Kier molecular flexibility index (Phi) is 3.92. The first-order valence-electron chi connectivity index (χ1n) is 3.65. The van der Waals surface area contributed by atoms with E-state index < -0.39 is 0 Å². The maximum absolute atomic E-state index is 5.34. The Labute approximate surface area is 75.4 Å². The van der Waals surface area contributed by atoms with Crippen molar-refractivity contribution in [3.05, 3.63) is 0 Å². The van der Waals surface area contributed by atoms with Gasteiger partial charge in [0, 0.05) is 6.61 Å². The minimum atomic E-state index is 0.0181. The van der Waals surface area contributed by atoms with Crippen LogP contribution in [0.15, 0.2) is 0 Å². The van der Waals surface area contributed by atoms with Gasteiger partial charge in [-0.25, -0.2) is 0 Å². The molecule has 0 radical (unpaired) electrons. The Morgan fingerprint density at radius 2 is 2.55 bits per heavy atom. The highest BCUT2D eigenvalue weighted by molar-refractivity contribution is 9.09. The highest BCUT2D eigenvalue weighted by Gasteiger charge is 2.23. The van der Waals surface area contributed by atoms with Crippen molar-refractivity contribution >= 4 is 15.9 Å². The number of terminal acetylenes is 1. The third kappa shape index (κ3) is 2.82. The van der Waals surface area contributed by atoms with Crippen LogP contribution >= 0.6 is 15.9 Å². The van der Waals surface area contributed by atoms with Gasteiger partial charge in [0.25, 0.3) is 0 Å². The lowest BCUT2D eigenvalue weighted by molar-refractivity contribution is -0.0539. The molecule has 0 N–H and O–H groups in total. The van der Waals surface area contributed by atoms with E-state index in [-0.39, 0.29) is 11.1 Å². The lowest BCUT2D eigenvalue weighted by Gasteiger charge is -2.26. The highest BCUT2D eigenvalue weighted by atomic mass is 79.9. The quantitative estimate of drug-likeness (QED) is 0.518. The fourth-order valence-electron chi connectivity index (χ4n) is 1.03. The van der Waals surface area contributed by atoms with Crippen LogP contribution in [0.4, 0.5) is 0 Å². The van der Waals surface area contributed by atoms with Crippen molar-refractivity contribution in [3.8, 4) is 12.3 Å². The molecular weight excluding hydrogens is 208 g/mol. The third-order valence-corrected chi connectivity index (χ3v) is 2.44. The Balaban J connectivity index is 2.25. The molecule has 2 atom stereocenters. The summed E-state index contributed by atoms with van der Waals surface area (Å²) in [7, 11) is 0. The SMILES string of the molecule is C#CCO[C@@H]1CCCO[C@H]1Br. The van der Waals surface area contributed by atoms with E-state index in [9.17, 15) is 0 Å². The van der Waals surface area contributed by atoms with Gasteiger partial charge in [0.15, 0.2) is 0 Å². The number of halogens is 1. The molecule has 1 heterocycles. The molecule has 1 saturated heterocycles. The lowest BCUT2D eigenvalue weighted by Crippen LogP contribution is -2.31. The Morgan fingerprint density at radius 3 is 3.18 bits per heavy atom. The predicted molar refractivity (Wildman–Crippen MR) is 46.5 cm³/mol. The van der Waals surface area contributed by atoms with Crippen molar-refractivity contribution in [3.63, 3.8) is 0 Å². The van der Waals surface area contributed by atoms with E-state index in [2.05, 4.69) is 21.9 Å². The standard InChI is InChI=1S/C8H11BrO2/c1-2-5-10-7-4-3-6-11-8(7)9/h1,7-8H,3-6H2/t7-,8-/m1/s1. The van der Waals surface area contributed by atoms with Crippen LogP contribution in [0.25, 0.3) is 0 Å². The summed E-state index contributed by atoms with van der Waals surface area (Å²) < 4.78 is 10.6. The van der Waals surface area contributed by atoms with Gasteiger partial charge >= 0.3 is 0 Å². The minimum absolute atomic E-state index is 0.0181. The van der Waals surface area contributed by atoms with Crippen molar-refractivity contribution in [2.45, 2.75) is 24.0 Å². The highest BCUT2D eigenvalue weighted by Crippen LogP contribution is 2.21. The summed E-state index contributed by atoms with van der Waals surface area (Å²) in [5.41, 5.74) is 0. The van der Waals surface area contributed by atoms with Crippen LogP contribution in [0.5, 0.6) is 0 Å². The fourth-order valence-corrected chi connectivity index (χ4v) is 1.64. The average Bonchev–Trinajstić information content (AvgIpc) is 2.03. The topological polar surface area (TPSA) is 18.5 Å². The van der Waals surface area contributed by atoms with Gasteiger partial charge < -0.3 is 9.47 Å². The molecule has 0 aromatic carbocycles. The minimum Gasteiger partial charge on any atom is -0.364 e. The second kappa shape index (κ2) is 4.76. The van der Waals surface area contributed by atoms with Crippen LogP contribution in [-0.4, -0.2) is 24.3 Å². The molecule has 0 aliphatic carbocycles. The van der Waals surface area contributed by atoms with Crippen LogP contribution in [0.1, 0.15) is 12.8 Å². The molecule has 0 spiro atoms. The summed E-state index contributed by atoms with van der Waals surface area (Å²) in [5, 5.41) is 0.0181. The zero-order chi connectivity index (χ0) is 8.10. The van der Waals surface area contributed by atoms with Gasteiger partial charge in [-0.2, -0.15) is 0 Å². The van der Waals surface area contributed by atoms with E-state index in [0.29, 0.717) is 6.61 Å². The van der Waals surface area contributed by atoms with Gasteiger partial charge in [0.05, 0.1) is 6.10 Å². The molecule has 0 aromatic rings. The molecule has 1 aliphatic heterocycles. The largest absolute Gasteiger partial charge is 0.364 e. The maximum atomic E-state index is 5.34. The van der Waals surface area contributed by atoms with Crippen molar-refractivity contribution < 1.29 is 9.47 Å². The van der Waals surface area contributed by atoms with E-state index in [4.69, 9.17) is 15.9 Å². The number of hydrogen-bond acceptors (Lipinski definition) is 2. The predicted octanol–water partition coefficient (Wildman–Crippen LogP) is 1.54. The Bertz CT molecular complexity index is 153. The molecular formula is C8H11BrO2. The molecule has 2 nitrogen and oxygen atoms in total. The second-order valence-electron chi connectivity index (χ2n) is 2.42. The molecule has 1 fully saturated rings. The number of ether oxygens (including phenoxy) is 2. The van der Waals surface area contributed by atoms with Gasteiger partial charge in [-0.3, -0.25) is 0 Å². The third-order valence-electron chi connectivity index (χ3n) is 1.58. The van der Waals surface area contributed by atoms with E-state index in [1.54, 1.807) is 0 Å². The zero-order valence-corrected chi connectivity index (χ0v) is 7.84.